The third kappa shape index (κ3) is 2.60. The van der Waals surface area contributed by atoms with Crippen molar-refractivity contribution >= 4 is 17.4 Å². The Bertz CT molecular complexity index is 556. The average molecular weight is 243 g/mol. The van der Waals surface area contributed by atoms with E-state index >= 15 is 0 Å². The molecule has 0 fully saturated rings. The summed E-state index contributed by atoms with van der Waals surface area (Å²) in [7, 11) is 1.76. The Kier molecular flexibility index (Phi) is 3.47. The summed E-state index contributed by atoms with van der Waals surface area (Å²) in [4.78, 5) is 24.0. The molecule has 6 nitrogen and oxygen atoms in total. The van der Waals surface area contributed by atoms with Gasteiger partial charge in [-0.1, -0.05) is 0 Å². The minimum absolute atomic E-state index is 0.271. The van der Waals surface area contributed by atoms with Gasteiger partial charge in [-0.25, -0.2) is 4.98 Å². The summed E-state index contributed by atoms with van der Waals surface area (Å²) in [6.07, 6.45) is 6.08. The smallest absolute Gasteiger partial charge is 0.260 e. The van der Waals surface area contributed by atoms with E-state index in [0.717, 1.165) is 11.4 Å². The molecular formula is C12H13N5O. The molecule has 0 atom stereocenters. The average Bonchev–Trinajstić information content (AvgIpc) is 2.39. The fraction of sp³-hybridized carbons (Fsp3) is 0.167. The molecule has 0 saturated heterocycles. The Balaban J connectivity index is 2.24. The SMILES string of the molecule is CNc1cc(C)ncc1C(=O)Nc1cnccn1. The molecule has 0 radical (unpaired) electrons. The first-order chi connectivity index (χ1) is 8.70. The molecule has 2 rings (SSSR count). The summed E-state index contributed by atoms with van der Waals surface area (Å²) >= 11 is 0. The highest BCUT2D eigenvalue weighted by Crippen LogP contribution is 2.16. The van der Waals surface area contributed by atoms with Crippen LogP contribution in [0.5, 0.6) is 0 Å². The van der Waals surface area contributed by atoms with Crippen molar-refractivity contribution in [3.8, 4) is 0 Å². The number of hydrogen-bond donors (Lipinski definition) is 2. The fourth-order valence-electron chi connectivity index (χ4n) is 1.49. The van der Waals surface area contributed by atoms with Crippen molar-refractivity contribution in [2.24, 2.45) is 0 Å². The minimum atomic E-state index is -0.271. The number of carbonyl (C=O) groups excluding carboxylic acids is 1. The van der Waals surface area contributed by atoms with Crippen molar-refractivity contribution in [1.82, 2.24) is 15.0 Å². The fourth-order valence-corrected chi connectivity index (χ4v) is 1.49. The number of anilines is 2. The lowest BCUT2D eigenvalue weighted by Crippen LogP contribution is -2.15. The van der Waals surface area contributed by atoms with Crippen LogP contribution in [0.4, 0.5) is 11.5 Å². The number of pyridine rings is 1. The summed E-state index contributed by atoms with van der Waals surface area (Å²) in [6, 6.07) is 1.81. The summed E-state index contributed by atoms with van der Waals surface area (Å²) in [5, 5.41) is 5.63. The number of nitrogens with one attached hydrogen (secondary N) is 2. The molecule has 2 heterocycles. The molecular weight excluding hydrogens is 230 g/mol. The second-order valence-corrected chi connectivity index (χ2v) is 3.67. The van der Waals surface area contributed by atoms with Crippen molar-refractivity contribution < 1.29 is 4.79 Å². The van der Waals surface area contributed by atoms with Gasteiger partial charge in [-0.3, -0.25) is 14.8 Å². The summed E-state index contributed by atoms with van der Waals surface area (Å²) in [5.74, 6) is 0.137. The molecule has 2 N–H and O–H groups in total. The third-order valence-electron chi connectivity index (χ3n) is 2.36. The van der Waals surface area contributed by atoms with Gasteiger partial charge in [0.1, 0.15) is 0 Å². The van der Waals surface area contributed by atoms with Crippen LogP contribution in [0.1, 0.15) is 16.1 Å². The van der Waals surface area contributed by atoms with Crippen LogP contribution in [-0.4, -0.2) is 27.9 Å². The van der Waals surface area contributed by atoms with Gasteiger partial charge in [0.2, 0.25) is 0 Å². The zero-order chi connectivity index (χ0) is 13.0. The number of hydrogen-bond acceptors (Lipinski definition) is 5. The van der Waals surface area contributed by atoms with Gasteiger partial charge in [-0.2, -0.15) is 0 Å². The van der Waals surface area contributed by atoms with Crippen molar-refractivity contribution in [3.05, 3.63) is 42.1 Å². The molecule has 0 aromatic carbocycles. The summed E-state index contributed by atoms with van der Waals surface area (Å²) in [6.45, 7) is 1.87. The van der Waals surface area contributed by atoms with Crippen molar-refractivity contribution in [3.63, 3.8) is 0 Å². The molecule has 1 amide bonds. The van der Waals surface area contributed by atoms with Gasteiger partial charge in [0.05, 0.1) is 17.4 Å². The summed E-state index contributed by atoms with van der Waals surface area (Å²) < 4.78 is 0. The van der Waals surface area contributed by atoms with Crippen LogP contribution in [0.15, 0.2) is 30.9 Å². The van der Waals surface area contributed by atoms with Crippen LogP contribution in [0, 0.1) is 6.92 Å². The van der Waals surface area contributed by atoms with E-state index in [-0.39, 0.29) is 5.91 Å². The molecule has 0 bridgehead atoms. The Hall–Kier alpha value is -2.50. The standard InChI is InChI=1S/C12H13N5O/c1-8-5-10(13-2)9(6-16-8)12(18)17-11-7-14-3-4-15-11/h3-7H,1-2H3,(H,13,16)(H,15,17,18). The first-order valence-corrected chi connectivity index (χ1v) is 5.42. The number of amides is 1. The molecule has 0 aliphatic carbocycles. The van der Waals surface area contributed by atoms with Crippen LogP contribution < -0.4 is 10.6 Å². The van der Waals surface area contributed by atoms with Gasteiger partial charge < -0.3 is 10.6 Å². The Labute approximate surface area is 105 Å². The number of nitrogens with zero attached hydrogens (tertiary/aromatic N) is 3. The van der Waals surface area contributed by atoms with Crippen LogP contribution in [-0.2, 0) is 0 Å². The Morgan fingerprint density at radius 2 is 2.06 bits per heavy atom. The number of carbonyl (C=O) groups is 1. The predicted octanol–water partition coefficient (Wildman–Crippen LogP) is 1.47. The first kappa shape index (κ1) is 12.0. The first-order valence-electron chi connectivity index (χ1n) is 5.42. The molecule has 6 heteroatoms. The number of aromatic nitrogens is 3. The molecule has 0 spiro atoms. The van der Waals surface area contributed by atoms with Crippen molar-refractivity contribution in [2.45, 2.75) is 6.92 Å². The predicted molar refractivity (Wildman–Crippen MR) is 68.5 cm³/mol. The lowest BCUT2D eigenvalue weighted by molar-refractivity contribution is 0.102. The van der Waals surface area contributed by atoms with Gasteiger partial charge >= 0.3 is 0 Å². The second kappa shape index (κ2) is 5.22. The Morgan fingerprint density at radius 3 is 2.72 bits per heavy atom. The zero-order valence-electron chi connectivity index (χ0n) is 10.1. The molecule has 2 aromatic rings. The lowest BCUT2D eigenvalue weighted by atomic mass is 10.2. The van der Waals surface area contributed by atoms with E-state index in [1.165, 1.54) is 18.6 Å². The maximum absolute atomic E-state index is 12.0. The van der Waals surface area contributed by atoms with E-state index < -0.39 is 0 Å². The highest BCUT2D eigenvalue weighted by atomic mass is 16.1. The van der Waals surface area contributed by atoms with E-state index in [1.807, 2.05) is 13.0 Å². The number of aryl methyl sites for hydroxylation is 1. The highest BCUT2D eigenvalue weighted by molar-refractivity contribution is 6.07. The largest absolute Gasteiger partial charge is 0.387 e. The maximum atomic E-state index is 12.0. The normalized spacial score (nSPS) is 9.89. The summed E-state index contributed by atoms with van der Waals surface area (Å²) in [5.41, 5.74) is 2.04. The van der Waals surface area contributed by atoms with E-state index in [0.29, 0.717) is 11.4 Å². The molecule has 0 unspecified atom stereocenters. The maximum Gasteiger partial charge on any atom is 0.260 e. The minimum Gasteiger partial charge on any atom is -0.387 e. The quantitative estimate of drug-likeness (QED) is 0.853. The molecule has 2 aromatic heterocycles. The number of rotatable bonds is 3. The molecule has 0 aliphatic rings. The highest BCUT2D eigenvalue weighted by Gasteiger charge is 2.12. The topological polar surface area (TPSA) is 79.8 Å². The van der Waals surface area contributed by atoms with E-state index in [2.05, 4.69) is 25.6 Å². The van der Waals surface area contributed by atoms with Gasteiger partial charge in [0.25, 0.3) is 5.91 Å². The Morgan fingerprint density at radius 1 is 1.22 bits per heavy atom. The van der Waals surface area contributed by atoms with Gasteiger partial charge in [-0.05, 0) is 13.0 Å². The van der Waals surface area contributed by atoms with Crippen LogP contribution in [0.2, 0.25) is 0 Å². The van der Waals surface area contributed by atoms with Gasteiger partial charge in [-0.15, -0.1) is 0 Å². The second-order valence-electron chi connectivity index (χ2n) is 3.67. The molecule has 0 saturated carbocycles. The van der Waals surface area contributed by atoms with Crippen molar-refractivity contribution in [1.29, 1.82) is 0 Å². The van der Waals surface area contributed by atoms with Gasteiger partial charge in [0.15, 0.2) is 5.82 Å². The molecule has 18 heavy (non-hydrogen) atoms. The van der Waals surface area contributed by atoms with E-state index in [4.69, 9.17) is 0 Å². The van der Waals surface area contributed by atoms with E-state index in [9.17, 15) is 4.79 Å². The zero-order valence-corrected chi connectivity index (χ0v) is 10.1. The van der Waals surface area contributed by atoms with Crippen LogP contribution >= 0.6 is 0 Å². The molecule has 92 valence electrons. The molecule has 0 aliphatic heterocycles. The third-order valence-corrected chi connectivity index (χ3v) is 2.36. The monoisotopic (exact) mass is 243 g/mol. The van der Waals surface area contributed by atoms with Crippen molar-refractivity contribution in [2.75, 3.05) is 17.7 Å². The lowest BCUT2D eigenvalue weighted by Gasteiger charge is -2.09. The van der Waals surface area contributed by atoms with E-state index in [1.54, 1.807) is 13.2 Å². The van der Waals surface area contributed by atoms with Crippen LogP contribution in [0.3, 0.4) is 0 Å². The van der Waals surface area contributed by atoms with Crippen LogP contribution in [0.25, 0.3) is 0 Å². The van der Waals surface area contributed by atoms with Gasteiger partial charge in [0, 0.05) is 31.3 Å².